The van der Waals surface area contributed by atoms with E-state index in [-0.39, 0.29) is 42.5 Å². The number of hydrogen-bond acceptors (Lipinski definition) is 4. The average molecular weight is 451 g/mol. The number of nitrogens with one attached hydrogen (secondary N) is 2. The Kier molecular flexibility index (Phi) is 5.52. The SMILES string of the molecule is O=C1CN(CC(=O)N2C[C@@H](c3ccccc3F)[C@@]3(CCCCC(=O)N3)C2)c2ccccc2N1. The first kappa shape index (κ1) is 21.4. The molecule has 2 aromatic carbocycles. The van der Waals surface area contributed by atoms with Crippen LogP contribution in [0.3, 0.4) is 0 Å². The van der Waals surface area contributed by atoms with Crippen LogP contribution in [0, 0.1) is 5.82 Å². The molecule has 0 aromatic heterocycles. The van der Waals surface area contributed by atoms with Gasteiger partial charge in [0.2, 0.25) is 17.7 Å². The zero-order valence-corrected chi connectivity index (χ0v) is 18.4. The summed E-state index contributed by atoms with van der Waals surface area (Å²) in [5.41, 5.74) is 1.31. The summed E-state index contributed by atoms with van der Waals surface area (Å²) in [5.74, 6) is -1.02. The van der Waals surface area contributed by atoms with Crippen LogP contribution in [-0.2, 0) is 14.4 Å². The van der Waals surface area contributed by atoms with Crippen LogP contribution in [0.2, 0.25) is 0 Å². The van der Waals surface area contributed by atoms with Crippen molar-refractivity contribution in [3.63, 3.8) is 0 Å². The van der Waals surface area contributed by atoms with Crippen molar-refractivity contribution in [3.05, 3.63) is 59.9 Å². The number of rotatable bonds is 3. The summed E-state index contributed by atoms with van der Waals surface area (Å²) < 4.78 is 14.8. The van der Waals surface area contributed by atoms with Crippen molar-refractivity contribution >= 4 is 29.1 Å². The second kappa shape index (κ2) is 8.50. The number of carbonyl (C=O) groups is 3. The van der Waals surface area contributed by atoms with Gasteiger partial charge in [0.1, 0.15) is 5.82 Å². The number of para-hydroxylation sites is 2. The van der Waals surface area contributed by atoms with Gasteiger partial charge in [0, 0.05) is 25.4 Å². The standard InChI is InChI=1S/C25H27FN4O3/c26-19-8-2-1-7-17(19)18-13-30(16-25(18)12-6-5-11-22(31)28-25)24(33)15-29-14-23(32)27-20-9-3-4-10-21(20)29/h1-4,7-10,18H,5-6,11-16H2,(H,27,32)(H,28,31)/t18-,25+/m0/s1. The first-order valence-electron chi connectivity index (χ1n) is 11.4. The molecule has 33 heavy (non-hydrogen) atoms. The van der Waals surface area contributed by atoms with Crippen molar-refractivity contribution < 1.29 is 18.8 Å². The number of halogens is 1. The Balaban J connectivity index is 1.42. The van der Waals surface area contributed by atoms with Crippen LogP contribution in [0.4, 0.5) is 15.8 Å². The van der Waals surface area contributed by atoms with E-state index in [4.69, 9.17) is 0 Å². The van der Waals surface area contributed by atoms with E-state index >= 15 is 0 Å². The highest BCUT2D eigenvalue weighted by atomic mass is 19.1. The van der Waals surface area contributed by atoms with Gasteiger partial charge in [-0.05, 0) is 36.6 Å². The van der Waals surface area contributed by atoms with Crippen molar-refractivity contribution in [1.82, 2.24) is 10.2 Å². The number of hydrogen-bond donors (Lipinski definition) is 2. The minimum absolute atomic E-state index is 0.0401. The molecule has 1 spiro atoms. The van der Waals surface area contributed by atoms with Gasteiger partial charge in [-0.15, -0.1) is 0 Å². The molecule has 3 amide bonds. The van der Waals surface area contributed by atoms with Gasteiger partial charge in [-0.2, -0.15) is 0 Å². The maximum absolute atomic E-state index is 14.8. The zero-order chi connectivity index (χ0) is 23.0. The minimum atomic E-state index is -0.692. The molecule has 5 rings (SSSR count). The molecule has 0 saturated carbocycles. The molecule has 0 bridgehead atoms. The van der Waals surface area contributed by atoms with E-state index in [1.165, 1.54) is 6.07 Å². The van der Waals surface area contributed by atoms with Crippen LogP contribution in [0.1, 0.15) is 37.2 Å². The summed E-state index contributed by atoms with van der Waals surface area (Å²) in [7, 11) is 0. The molecule has 8 heteroatoms. The van der Waals surface area contributed by atoms with Crippen molar-refractivity contribution in [2.45, 2.75) is 37.1 Å². The molecule has 2 saturated heterocycles. The fourth-order valence-corrected chi connectivity index (χ4v) is 5.47. The topological polar surface area (TPSA) is 81.8 Å². The van der Waals surface area contributed by atoms with Crippen molar-refractivity contribution in [3.8, 4) is 0 Å². The minimum Gasteiger partial charge on any atom is -0.351 e. The van der Waals surface area contributed by atoms with E-state index in [9.17, 15) is 18.8 Å². The fraction of sp³-hybridized carbons (Fsp3) is 0.400. The van der Waals surface area contributed by atoms with Crippen LogP contribution in [0.5, 0.6) is 0 Å². The van der Waals surface area contributed by atoms with Gasteiger partial charge in [-0.1, -0.05) is 36.8 Å². The number of anilines is 2. The lowest BCUT2D eigenvalue weighted by Crippen LogP contribution is -2.53. The molecular weight excluding hydrogens is 423 g/mol. The number of amides is 3. The zero-order valence-electron chi connectivity index (χ0n) is 18.4. The largest absolute Gasteiger partial charge is 0.351 e. The summed E-state index contributed by atoms with van der Waals surface area (Å²) in [5, 5.41) is 6.00. The number of carbonyl (C=O) groups excluding carboxylic acids is 3. The Labute approximate surface area is 191 Å². The lowest BCUT2D eigenvalue weighted by molar-refractivity contribution is -0.129. The summed E-state index contributed by atoms with van der Waals surface area (Å²) >= 11 is 0. The molecule has 3 aliphatic rings. The number of benzene rings is 2. The van der Waals surface area contributed by atoms with Gasteiger partial charge in [0.05, 0.1) is 30.0 Å². The average Bonchev–Trinajstić information content (AvgIpc) is 3.04. The summed E-state index contributed by atoms with van der Waals surface area (Å²) in [6, 6.07) is 14.0. The predicted octanol–water partition coefficient (Wildman–Crippen LogP) is 2.64. The quantitative estimate of drug-likeness (QED) is 0.753. The Hall–Kier alpha value is -3.42. The van der Waals surface area contributed by atoms with Crippen LogP contribution in [0.15, 0.2) is 48.5 Å². The highest BCUT2D eigenvalue weighted by molar-refractivity contribution is 6.02. The van der Waals surface area contributed by atoms with Crippen molar-refractivity contribution in [1.29, 1.82) is 0 Å². The van der Waals surface area contributed by atoms with Crippen molar-refractivity contribution in [2.75, 3.05) is 36.4 Å². The number of likely N-dealkylation sites (tertiary alicyclic amines) is 1. The molecule has 2 atom stereocenters. The molecule has 172 valence electrons. The Morgan fingerprint density at radius 3 is 2.70 bits per heavy atom. The molecule has 3 heterocycles. The van der Waals surface area contributed by atoms with Crippen LogP contribution in [0.25, 0.3) is 0 Å². The molecule has 3 aliphatic heterocycles. The molecule has 0 radical (unpaired) electrons. The van der Waals surface area contributed by atoms with E-state index in [1.54, 1.807) is 28.0 Å². The van der Waals surface area contributed by atoms with Gasteiger partial charge < -0.3 is 20.4 Å². The van der Waals surface area contributed by atoms with Crippen LogP contribution in [-0.4, -0.2) is 54.3 Å². The van der Waals surface area contributed by atoms with E-state index in [1.807, 2.05) is 24.3 Å². The Morgan fingerprint density at radius 2 is 1.85 bits per heavy atom. The summed E-state index contributed by atoms with van der Waals surface area (Å²) in [6.45, 7) is 0.785. The van der Waals surface area contributed by atoms with Crippen molar-refractivity contribution in [2.24, 2.45) is 0 Å². The second-order valence-corrected chi connectivity index (χ2v) is 9.18. The van der Waals surface area contributed by atoms with Crippen LogP contribution >= 0.6 is 0 Å². The third kappa shape index (κ3) is 4.05. The predicted molar refractivity (Wildman–Crippen MR) is 122 cm³/mol. The van der Waals surface area contributed by atoms with E-state index in [0.717, 1.165) is 18.5 Å². The van der Waals surface area contributed by atoms with E-state index in [2.05, 4.69) is 10.6 Å². The highest BCUT2D eigenvalue weighted by Crippen LogP contribution is 2.42. The molecule has 2 N–H and O–H groups in total. The Bertz CT molecular complexity index is 1110. The molecule has 0 aliphatic carbocycles. The first-order chi connectivity index (χ1) is 15.9. The Morgan fingerprint density at radius 1 is 1.06 bits per heavy atom. The van der Waals surface area contributed by atoms with Gasteiger partial charge in [-0.3, -0.25) is 14.4 Å². The van der Waals surface area contributed by atoms with Gasteiger partial charge >= 0.3 is 0 Å². The lowest BCUT2D eigenvalue weighted by Gasteiger charge is -2.35. The maximum atomic E-state index is 14.8. The van der Waals surface area contributed by atoms with Gasteiger partial charge in [0.15, 0.2) is 0 Å². The maximum Gasteiger partial charge on any atom is 0.243 e. The first-order valence-corrected chi connectivity index (χ1v) is 11.4. The molecule has 2 aromatic rings. The number of nitrogens with zero attached hydrogens (tertiary/aromatic N) is 2. The molecule has 7 nitrogen and oxygen atoms in total. The van der Waals surface area contributed by atoms with Crippen LogP contribution < -0.4 is 15.5 Å². The monoisotopic (exact) mass is 450 g/mol. The van der Waals surface area contributed by atoms with E-state index in [0.29, 0.717) is 37.2 Å². The third-order valence-electron chi connectivity index (χ3n) is 7.02. The van der Waals surface area contributed by atoms with Gasteiger partial charge in [-0.25, -0.2) is 4.39 Å². The normalized spacial score (nSPS) is 24.8. The summed E-state index contributed by atoms with van der Waals surface area (Å²) in [4.78, 5) is 41.6. The summed E-state index contributed by atoms with van der Waals surface area (Å²) in [6.07, 6.45) is 2.76. The fourth-order valence-electron chi connectivity index (χ4n) is 5.47. The van der Waals surface area contributed by atoms with E-state index < -0.39 is 5.54 Å². The smallest absolute Gasteiger partial charge is 0.243 e. The molecule has 2 fully saturated rings. The number of fused-ring (bicyclic) bond motifs is 1. The molecular formula is C25H27FN4O3. The second-order valence-electron chi connectivity index (χ2n) is 9.18. The highest BCUT2D eigenvalue weighted by Gasteiger charge is 2.50. The third-order valence-corrected chi connectivity index (χ3v) is 7.02. The van der Waals surface area contributed by atoms with Gasteiger partial charge in [0.25, 0.3) is 0 Å². The molecule has 0 unspecified atom stereocenters. The lowest BCUT2D eigenvalue weighted by atomic mass is 9.78.